The maximum absolute atomic E-state index is 5.58. The smallest absolute Gasteiger partial charge is 0.0740 e. The molecule has 1 aromatic rings. The fourth-order valence-electron chi connectivity index (χ4n) is 1.97. The largest absolute Gasteiger partial charge is 0.393 e. The average Bonchev–Trinajstić information content (AvgIpc) is 3.19. The molecule has 0 heterocycles. The van der Waals surface area contributed by atoms with Crippen LogP contribution in [0.1, 0.15) is 19.3 Å². The standard InChI is InChI=1S/C14H20N2S2/c15-14(17)8-9-16(12-6-7-12)10-11-18-13-4-2-1-3-5-13/h1-5,12H,6-11H2,(H2,15,17). The van der Waals surface area contributed by atoms with Crippen molar-refractivity contribution in [1.29, 1.82) is 0 Å². The van der Waals surface area contributed by atoms with Gasteiger partial charge in [0, 0.05) is 36.2 Å². The fraction of sp³-hybridized carbons (Fsp3) is 0.500. The van der Waals surface area contributed by atoms with Gasteiger partial charge in [-0.15, -0.1) is 11.8 Å². The lowest BCUT2D eigenvalue weighted by molar-refractivity contribution is 0.289. The molecule has 0 bridgehead atoms. The highest BCUT2D eigenvalue weighted by Crippen LogP contribution is 2.27. The normalized spacial score (nSPS) is 14.9. The van der Waals surface area contributed by atoms with Crippen molar-refractivity contribution < 1.29 is 0 Å². The van der Waals surface area contributed by atoms with Gasteiger partial charge in [0.25, 0.3) is 0 Å². The second-order valence-corrected chi connectivity index (χ2v) is 6.34. The highest BCUT2D eigenvalue weighted by atomic mass is 32.2. The van der Waals surface area contributed by atoms with Gasteiger partial charge < -0.3 is 5.73 Å². The highest BCUT2D eigenvalue weighted by molar-refractivity contribution is 7.99. The minimum Gasteiger partial charge on any atom is -0.393 e. The van der Waals surface area contributed by atoms with Crippen LogP contribution in [0.15, 0.2) is 35.2 Å². The molecule has 0 unspecified atom stereocenters. The van der Waals surface area contributed by atoms with E-state index in [-0.39, 0.29) is 0 Å². The molecule has 0 aliphatic heterocycles. The van der Waals surface area contributed by atoms with Crippen molar-refractivity contribution in [2.24, 2.45) is 5.73 Å². The lowest BCUT2D eigenvalue weighted by Gasteiger charge is -2.21. The van der Waals surface area contributed by atoms with Crippen LogP contribution in [0.25, 0.3) is 0 Å². The van der Waals surface area contributed by atoms with Crippen molar-refractivity contribution in [2.45, 2.75) is 30.2 Å². The van der Waals surface area contributed by atoms with Crippen molar-refractivity contribution in [2.75, 3.05) is 18.8 Å². The summed E-state index contributed by atoms with van der Waals surface area (Å²) in [5, 5.41) is 0. The molecule has 18 heavy (non-hydrogen) atoms. The van der Waals surface area contributed by atoms with Crippen molar-refractivity contribution >= 4 is 29.0 Å². The molecular formula is C14H20N2S2. The third-order valence-corrected chi connectivity index (χ3v) is 4.30. The predicted molar refractivity (Wildman–Crippen MR) is 83.2 cm³/mol. The van der Waals surface area contributed by atoms with Gasteiger partial charge in [-0.1, -0.05) is 30.4 Å². The third-order valence-electron chi connectivity index (χ3n) is 3.10. The summed E-state index contributed by atoms with van der Waals surface area (Å²) in [5.74, 6) is 1.14. The van der Waals surface area contributed by atoms with Crippen LogP contribution in [-0.2, 0) is 0 Å². The summed E-state index contributed by atoms with van der Waals surface area (Å²) >= 11 is 6.88. The minimum atomic E-state index is 0.636. The fourth-order valence-corrected chi connectivity index (χ4v) is 2.97. The summed E-state index contributed by atoms with van der Waals surface area (Å²) in [6, 6.07) is 11.4. The maximum Gasteiger partial charge on any atom is 0.0740 e. The minimum absolute atomic E-state index is 0.636. The van der Waals surface area contributed by atoms with Crippen molar-refractivity contribution in [3.8, 4) is 0 Å². The summed E-state index contributed by atoms with van der Waals surface area (Å²) in [4.78, 5) is 4.52. The van der Waals surface area contributed by atoms with Crippen LogP contribution in [0, 0.1) is 0 Å². The SMILES string of the molecule is NC(=S)CCN(CCSc1ccccc1)C1CC1. The molecule has 1 aliphatic carbocycles. The van der Waals surface area contributed by atoms with Crippen LogP contribution in [0.4, 0.5) is 0 Å². The van der Waals surface area contributed by atoms with Gasteiger partial charge >= 0.3 is 0 Å². The van der Waals surface area contributed by atoms with Gasteiger partial charge in [-0.05, 0) is 25.0 Å². The first-order valence-electron chi connectivity index (χ1n) is 6.46. The van der Waals surface area contributed by atoms with E-state index >= 15 is 0 Å². The van der Waals surface area contributed by atoms with Crippen LogP contribution in [0.5, 0.6) is 0 Å². The summed E-state index contributed by atoms with van der Waals surface area (Å²) < 4.78 is 0. The third kappa shape index (κ3) is 4.96. The number of thiocarbonyl (C=S) groups is 1. The Morgan fingerprint density at radius 3 is 2.61 bits per heavy atom. The molecule has 0 aromatic heterocycles. The number of benzene rings is 1. The van der Waals surface area contributed by atoms with Gasteiger partial charge in [0.2, 0.25) is 0 Å². The molecule has 0 radical (unpaired) electrons. The molecule has 1 aromatic carbocycles. The lowest BCUT2D eigenvalue weighted by atomic mass is 10.3. The quantitative estimate of drug-likeness (QED) is 0.585. The predicted octanol–water partition coefficient (Wildman–Crippen LogP) is 2.92. The first kappa shape index (κ1) is 13.8. The Labute approximate surface area is 119 Å². The summed E-state index contributed by atoms with van der Waals surface area (Å²) in [5.41, 5.74) is 5.58. The Balaban J connectivity index is 1.71. The number of hydrogen-bond donors (Lipinski definition) is 1. The highest BCUT2D eigenvalue weighted by Gasteiger charge is 2.28. The number of hydrogen-bond acceptors (Lipinski definition) is 3. The lowest BCUT2D eigenvalue weighted by Crippen LogP contribution is -2.31. The Hall–Kier alpha value is -0.580. The maximum atomic E-state index is 5.58. The van der Waals surface area contributed by atoms with Crippen LogP contribution in [0.3, 0.4) is 0 Å². The van der Waals surface area contributed by atoms with Crippen molar-refractivity contribution in [1.82, 2.24) is 4.90 Å². The zero-order valence-corrected chi connectivity index (χ0v) is 12.2. The first-order valence-corrected chi connectivity index (χ1v) is 7.85. The van der Waals surface area contributed by atoms with E-state index in [1.807, 2.05) is 11.8 Å². The molecule has 1 saturated carbocycles. The molecule has 0 atom stereocenters. The Morgan fingerprint density at radius 2 is 2.00 bits per heavy atom. The van der Waals surface area contributed by atoms with E-state index in [0.29, 0.717) is 4.99 Å². The Morgan fingerprint density at radius 1 is 1.28 bits per heavy atom. The van der Waals surface area contributed by atoms with E-state index in [9.17, 15) is 0 Å². The Kier molecular flexibility index (Phi) is 5.47. The van der Waals surface area contributed by atoms with Gasteiger partial charge in [-0.3, -0.25) is 4.90 Å². The average molecular weight is 280 g/mol. The molecule has 0 spiro atoms. The molecule has 0 amide bonds. The summed E-state index contributed by atoms with van der Waals surface area (Å²) in [6.07, 6.45) is 3.53. The van der Waals surface area contributed by atoms with E-state index in [2.05, 4.69) is 35.2 Å². The zero-order valence-electron chi connectivity index (χ0n) is 10.5. The number of nitrogens with two attached hydrogens (primary N) is 1. The topological polar surface area (TPSA) is 29.3 Å². The summed E-state index contributed by atoms with van der Waals surface area (Å²) in [7, 11) is 0. The second-order valence-electron chi connectivity index (χ2n) is 4.64. The van der Waals surface area contributed by atoms with Crippen molar-refractivity contribution in [3.05, 3.63) is 30.3 Å². The Bertz CT molecular complexity index is 377. The van der Waals surface area contributed by atoms with E-state index in [1.165, 1.54) is 17.7 Å². The molecule has 2 N–H and O–H groups in total. The van der Waals surface area contributed by atoms with Gasteiger partial charge in [0.05, 0.1) is 4.99 Å². The van der Waals surface area contributed by atoms with Gasteiger partial charge in [-0.2, -0.15) is 0 Å². The molecule has 1 aliphatic rings. The summed E-state index contributed by atoms with van der Waals surface area (Å²) in [6.45, 7) is 2.15. The van der Waals surface area contributed by atoms with Crippen LogP contribution in [0.2, 0.25) is 0 Å². The van der Waals surface area contributed by atoms with Crippen LogP contribution in [-0.4, -0.2) is 34.8 Å². The van der Waals surface area contributed by atoms with Crippen LogP contribution < -0.4 is 5.73 Å². The molecule has 4 heteroatoms. The van der Waals surface area contributed by atoms with Gasteiger partial charge in [-0.25, -0.2) is 0 Å². The zero-order chi connectivity index (χ0) is 12.8. The van der Waals surface area contributed by atoms with Gasteiger partial charge in [0.1, 0.15) is 0 Å². The number of thioether (sulfide) groups is 1. The van der Waals surface area contributed by atoms with Crippen molar-refractivity contribution in [3.63, 3.8) is 0 Å². The molecule has 2 nitrogen and oxygen atoms in total. The number of nitrogens with zero attached hydrogens (tertiary/aromatic N) is 1. The molecule has 98 valence electrons. The number of rotatable bonds is 8. The van der Waals surface area contributed by atoms with E-state index < -0.39 is 0 Å². The van der Waals surface area contributed by atoms with E-state index in [1.54, 1.807) is 0 Å². The van der Waals surface area contributed by atoms with Crippen LogP contribution >= 0.6 is 24.0 Å². The van der Waals surface area contributed by atoms with E-state index in [0.717, 1.165) is 31.3 Å². The monoisotopic (exact) mass is 280 g/mol. The second kappa shape index (κ2) is 7.12. The molecular weight excluding hydrogens is 260 g/mol. The first-order chi connectivity index (χ1) is 8.75. The molecule has 1 fully saturated rings. The van der Waals surface area contributed by atoms with Gasteiger partial charge in [0.15, 0.2) is 0 Å². The van der Waals surface area contributed by atoms with E-state index in [4.69, 9.17) is 18.0 Å². The molecule has 2 rings (SSSR count). The molecule has 0 saturated heterocycles.